The van der Waals surface area contributed by atoms with Gasteiger partial charge in [-0.25, -0.2) is 9.97 Å². The largest absolute Gasteiger partial charge is 0.457 e. The van der Waals surface area contributed by atoms with E-state index in [1.165, 1.54) is 0 Å². The third-order valence-electron chi connectivity index (χ3n) is 11.9. The van der Waals surface area contributed by atoms with Gasteiger partial charge in [-0.05, 0) is 121 Å². The first kappa shape index (κ1) is 38.8. The van der Waals surface area contributed by atoms with E-state index in [9.17, 15) is 0 Å². The zero-order valence-corrected chi connectivity index (χ0v) is 36.0. The van der Waals surface area contributed by atoms with Crippen LogP contribution in [0.5, 0.6) is 46.0 Å². The van der Waals surface area contributed by atoms with Crippen molar-refractivity contribution in [3.63, 3.8) is 0 Å². The van der Waals surface area contributed by atoms with Crippen LogP contribution in [0.15, 0.2) is 194 Å². The summed E-state index contributed by atoms with van der Waals surface area (Å²) >= 11 is 0. The highest BCUT2D eigenvalue weighted by atomic mass is 16.5. The van der Waals surface area contributed by atoms with E-state index < -0.39 is 0 Å². The van der Waals surface area contributed by atoms with Gasteiger partial charge in [-0.3, -0.25) is 0 Å². The standard InChI is InChI=1S/C56H38N8O4/c1-5-13-33(14-6-1)65-37-21-25-41-45(29-37)53-57-49(41)62-54-47-31-39(67-35-17-9-3-10-18-35)23-27-43(47)51(59-54)64-56-48-32-40(68-36-19-11-4-12-20-36)24-28-44(48)52(60-56)63-55-46-30-38(66-34-15-7-2-8-16-34)22-26-42(46)50(58-55)61-53/h1-32,57-59,61-62H,(H,60,63,64). The van der Waals surface area contributed by atoms with E-state index >= 15 is 0 Å². The molecule has 12 heteroatoms. The zero-order valence-electron chi connectivity index (χ0n) is 36.0. The number of H-pyrrole nitrogens is 6. The molecule has 68 heavy (non-hydrogen) atoms. The van der Waals surface area contributed by atoms with Crippen molar-refractivity contribution in [2.75, 3.05) is 0 Å². The number of hydrogen-bond acceptors (Lipinski definition) is 6. The third-order valence-corrected chi connectivity index (χ3v) is 11.9. The lowest BCUT2D eigenvalue weighted by molar-refractivity contribution is 0.483. The quantitative estimate of drug-likeness (QED) is 0.0892. The topological polar surface area (TPSA) is 157 Å². The molecule has 6 N–H and O–H groups in total. The average molecular weight is 887 g/mol. The summed E-state index contributed by atoms with van der Waals surface area (Å²) in [6.07, 6.45) is 0. The van der Waals surface area contributed by atoms with E-state index in [4.69, 9.17) is 28.9 Å². The highest BCUT2D eigenvalue weighted by molar-refractivity contribution is 6.12. The Balaban J connectivity index is 1.12. The smallest absolute Gasteiger partial charge is 0.142 e. The maximum atomic E-state index is 6.37. The summed E-state index contributed by atoms with van der Waals surface area (Å²) in [7, 11) is 0. The Morgan fingerprint density at radius 3 is 0.956 bits per heavy atom. The zero-order chi connectivity index (χ0) is 45.0. The minimum atomic E-state index is 0.588. The van der Waals surface area contributed by atoms with Crippen molar-refractivity contribution in [3.8, 4) is 46.0 Å². The van der Waals surface area contributed by atoms with Gasteiger partial charge in [0, 0.05) is 43.1 Å². The highest BCUT2D eigenvalue weighted by Crippen LogP contribution is 2.36. The summed E-state index contributed by atoms with van der Waals surface area (Å²) in [5, 5.41) is 6.94. The predicted molar refractivity (Wildman–Crippen MR) is 270 cm³/mol. The van der Waals surface area contributed by atoms with Gasteiger partial charge in [-0.15, -0.1) is 0 Å². The van der Waals surface area contributed by atoms with Crippen LogP contribution in [-0.4, -0.2) is 39.9 Å². The number of nitrogens with zero attached hydrogens (tertiary/aromatic N) is 2. The molecule has 0 aliphatic carbocycles. The maximum Gasteiger partial charge on any atom is 0.142 e. The summed E-state index contributed by atoms with van der Waals surface area (Å²) in [5.41, 5.74) is 5.29. The molecule has 0 radical (unpaired) electrons. The van der Waals surface area contributed by atoms with Crippen molar-refractivity contribution in [1.82, 2.24) is 39.9 Å². The second-order valence-electron chi connectivity index (χ2n) is 16.4. The second-order valence-corrected chi connectivity index (χ2v) is 16.4. The molecule has 0 amide bonds. The van der Waals surface area contributed by atoms with Crippen LogP contribution in [0.3, 0.4) is 0 Å². The molecule has 5 aromatic heterocycles. The van der Waals surface area contributed by atoms with Crippen LogP contribution in [0.25, 0.3) is 88.3 Å². The lowest BCUT2D eigenvalue weighted by Crippen LogP contribution is -1.84. The Kier molecular flexibility index (Phi) is 9.17. The number of para-hydroxylation sites is 4. The fourth-order valence-electron chi connectivity index (χ4n) is 8.73. The van der Waals surface area contributed by atoms with Gasteiger partial charge >= 0.3 is 0 Å². The maximum absolute atomic E-state index is 6.37. The summed E-state index contributed by atoms with van der Waals surface area (Å²) < 4.78 is 25.5. The van der Waals surface area contributed by atoms with Gasteiger partial charge in [0.25, 0.3) is 0 Å². The van der Waals surface area contributed by atoms with E-state index in [1.54, 1.807) is 0 Å². The highest BCUT2D eigenvalue weighted by Gasteiger charge is 2.15. The van der Waals surface area contributed by atoms with Crippen molar-refractivity contribution in [2.24, 2.45) is 0 Å². The molecule has 8 aromatic carbocycles. The number of aromatic nitrogens is 8. The first-order valence-electron chi connectivity index (χ1n) is 22.1. The average Bonchev–Trinajstić information content (AvgIpc) is 4.10. The molecule has 0 fully saturated rings. The van der Waals surface area contributed by atoms with Gasteiger partial charge < -0.3 is 48.9 Å². The fourth-order valence-corrected chi connectivity index (χ4v) is 8.73. The molecule has 13 rings (SSSR count). The summed E-state index contributed by atoms with van der Waals surface area (Å²) in [6.45, 7) is 0. The normalized spacial score (nSPS) is 11.5. The molecule has 0 saturated carbocycles. The number of fused-ring (bicyclic) bond motifs is 20. The number of benzene rings is 8. The van der Waals surface area contributed by atoms with Crippen molar-refractivity contribution in [1.29, 1.82) is 0 Å². The number of hydrogen-bond donors (Lipinski definition) is 6. The van der Waals surface area contributed by atoms with Crippen LogP contribution in [0.1, 0.15) is 0 Å². The molecule has 8 bridgehead atoms. The van der Waals surface area contributed by atoms with E-state index in [2.05, 4.69) is 29.9 Å². The molecular formula is C56H38N8O4. The molecule has 0 aliphatic rings. The molecule has 12 nitrogen and oxygen atoms in total. The Morgan fingerprint density at radius 2 is 0.500 bits per heavy atom. The summed E-state index contributed by atoms with van der Waals surface area (Å²) in [4.78, 5) is 32.7. The van der Waals surface area contributed by atoms with Crippen molar-refractivity contribution in [2.45, 2.75) is 0 Å². The minimum absolute atomic E-state index is 0.588. The molecular weight excluding hydrogens is 849 g/mol. The second kappa shape index (κ2) is 16.1. The number of ether oxygens (including phenoxy) is 4. The Bertz CT molecular complexity index is 3610. The Labute approximate surface area is 385 Å². The van der Waals surface area contributed by atoms with Crippen molar-refractivity contribution in [3.05, 3.63) is 194 Å². The van der Waals surface area contributed by atoms with Gasteiger partial charge in [-0.2, -0.15) is 0 Å². The summed E-state index contributed by atoms with van der Waals surface area (Å²) in [5.74, 6) is 5.59. The van der Waals surface area contributed by atoms with Gasteiger partial charge in [0.05, 0.1) is 0 Å². The van der Waals surface area contributed by atoms with E-state index in [1.807, 2.05) is 194 Å². The molecule has 0 saturated heterocycles. The van der Waals surface area contributed by atoms with Gasteiger partial charge in [0.2, 0.25) is 0 Å². The van der Waals surface area contributed by atoms with Crippen LogP contribution in [0.2, 0.25) is 0 Å². The Hall–Kier alpha value is -9.68. The number of aromatic amines is 6. The molecule has 0 spiro atoms. The van der Waals surface area contributed by atoms with Crippen LogP contribution in [0.4, 0.5) is 0 Å². The van der Waals surface area contributed by atoms with Crippen molar-refractivity contribution >= 4 is 88.3 Å². The fraction of sp³-hybridized carbons (Fsp3) is 0. The van der Waals surface area contributed by atoms with Gasteiger partial charge in [0.1, 0.15) is 91.2 Å². The minimum Gasteiger partial charge on any atom is -0.457 e. The van der Waals surface area contributed by atoms with Gasteiger partial charge in [-0.1, -0.05) is 72.8 Å². The van der Waals surface area contributed by atoms with Crippen molar-refractivity contribution < 1.29 is 18.9 Å². The number of nitrogens with one attached hydrogen (secondary N) is 6. The van der Waals surface area contributed by atoms with Crippen LogP contribution in [0, 0.1) is 0 Å². The van der Waals surface area contributed by atoms with Crippen LogP contribution < -0.4 is 18.9 Å². The van der Waals surface area contributed by atoms with Gasteiger partial charge in [0.15, 0.2) is 0 Å². The third kappa shape index (κ3) is 7.24. The van der Waals surface area contributed by atoms with E-state index in [0.29, 0.717) is 51.2 Å². The lowest BCUT2D eigenvalue weighted by Gasteiger charge is -2.05. The molecule has 0 atom stereocenters. The molecule has 0 unspecified atom stereocenters. The first-order chi connectivity index (χ1) is 33.6. The lowest BCUT2D eigenvalue weighted by atomic mass is 10.2. The molecule has 5 heterocycles. The monoisotopic (exact) mass is 886 g/mol. The molecule has 13 aromatic rings. The van der Waals surface area contributed by atoms with E-state index in [0.717, 1.165) is 83.0 Å². The summed E-state index contributed by atoms with van der Waals surface area (Å²) in [6, 6.07) is 63.0. The molecule has 0 aliphatic heterocycles. The SMILES string of the molecule is c1ccc(Oc2ccc3c4nc5[nH]c([nH]c6[nH]c([nH]c7[nH]c(nc([nH]4)c3c2)c2ccc(Oc3ccccc3)cc72)c2ccc(Oc3ccccc3)cc62)c2ccc(Oc3ccccc3)cc52)cc1. The van der Waals surface area contributed by atoms with E-state index in [-0.39, 0.29) is 0 Å². The van der Waals surface area contributed by atoms with Crippen LogP contribution >= 0.6 is 0 Å². The Morgan fingerprint density at radius 1 is 0.221 bits per heavy atom. The predicted octanol–water partition coefficient (Wildman–Crippen LogP) is 15.1. The molecule has 326 valence electrons. The van der Waals surface area contributed by atoms with Crippen LogP contribution in [-0.2, 0) is 0 Å². The first-order valence-corrected chi connectivity index (χ1v) is 22.1. The number of rotatable bonds is 8.